The first-order valence-electron chi connectivity index (χ1n) is 4.28. The first kappa shape index (κ1) is 9.05. The summed E-state index contributed by atoms with van der Waals surface area (Å²) in [4.78, 5) is 0. The van der Waals surface area contributed by atoms with Gasteiger partial charge in [0.15, 0.2) is 5.60 Å². The summed E-state index contributed by atoms with van der Waals surface area (Å²) < 4.78 is 10.2. The molecule has 0 aliphatic carbocycles. The van der Waals surface area contributed by atoms with Gasteiger partial charge in [0.25, 0.3) is 0 Å². The van der Waals surface area contributed by atoms with Gasteiger partial charge in [-0.15, -0.1) is 0 Å². The van der Waals surface area contributed by atoms with Gasteiger partial charge in [0, 0.05) is 6.54 Å². The van der Waals surface area contributed by atoms with Gasteiger partial charge in [-0.25, -0.2) is 0 Å². The molecule has 0 atom stereocenters. The summed E-state index contributed by atoms with van der Waals surface area (Å²) >= 11 is 0. The summed E-state index contributed by atoms with van der Waals surface area (Å²) in [5.41, 5.74) is 4.15. The van der Waals surface area contributed by atoms with E-state index < -0.39 is 5.60 Å². The van der Waals surface area contributed by atoms with Crippen LogP contribution in [0.25, 0.3) is 0 Å². The van der Waals surface area contributed by atoms with Crippen molar-refractivity contribution >= 4 is 0 Å². The highest BCUT2D eigenvalue weighted by atomic mass is 16.4. The molecular weight excluding hydrogens is 182 g/mol. The lowest BCUT2D eigenvalue weighted by Gasteiger charge is -2.21. The van der Waals surface area contributed by atoms with E-state index in [1.54, 1.807) is 24.3 Å². The Hall–Kier alpha value is -1.52. The van der Waals surface area contributed by atoms with Crippen molar-refractivity contribution in [3.8, 4) is 0 Å². The lowest BCUT2D eigenvalue weighted by molar-refractivity contribution is 0.0435. The van der Waals surface area contributed by atoms with Gasteiger partial charge in [-0.2, -0.15) is 0 Å². The average Bonchev–Trinajstić information content (AvgIpc) is 2.88. The Balaban J connectivity index is 2.45. The molecule has 2 aromatic heterocycles. The zero-order chi connectivity index (χ0) is 10.0. The Kier molecular flexibility index (Phi) is 2.15. The topological polar surface area (TPSA) is 72.5 Å². The van der Waals surface area contributed by atoms with E-state index in [-0.39, 0.29) is 6.54 Å². The van der Waals surface area contributed by atoms with Crippen molar-refractivity contribution in [1.29, 1.82) is 0 Å². The van der Waals surface area contributed by atoms with Crippen molar-refractivity contribution in [3.05, 3.63) is 48.3 Å². The second-order valence-corrected chi connectivity index (χ2v) is 3.02. The van der Waals surface area contributed by atoms with Gasteiger partial charge in [0.1, 0.15) is 11.5 Å². The van der Waals surface area contributed by atoms with Crippen LogP contribution in [-0.2, 0) is 5.60 Å². The minimum Gasteiger partial charge on any atom is -0.466 e. The zero-order valence-electron chi connectivity index (χ0n) is 7.51. The van der Waals surface area contributed by atoms with Gasteiger partial charge in [0.05, 0.1) is 12.5 Å². The molecule has 0 aliphatic rings. The van der Waals surface area contributed by atoms with Gasteiger partial charge in [0.2, 0.25) is 0 Å². The molecule has 74 valence electrons. The zero-order valence-corrected chi connectivity index (χ0v) is 7.51. The van der Waals surface area contributed by atoms with Crippen molar-refractivity contribution < 1.29 is 13.9 Å². The minimum absolute atomic E-state index is 0.00796. The molecule has 4 nitrogen and oxygen atoms in total. The van der Waals surface area contributed by atoms with Crippen LogP contribution in [0.15, 0.2) is 45.6 Å². The van der Waals surface area contributed by atoms with Crippen LogP contribution in [0, 0.1) is 0 Å². The van der Waals surface area contributed by atoms with E-state index in [1.807, 2.05) is 0 Å². The predicted molar refractivity (Wildman–Crippen MR) is 49.5 cm³/mol. The summed E-state index contributed by atoms with van der Waals surface area (Å²) in [5.74, 6) is 0.768. The van der Waals surface area contributed by atoms with Gasteiger partial charge in [-0.1, -0.05) is 0 Å². The van der Waals surface area contributed by atoms with Gasteiger partial charge < -0.3 is 19.7 Å². The van der Waals surface area contributed by atoms with Gasteiger partial charge in [-0.05, 0) is 24.3 Å². The van der Waals surface area contributed by atoms with E-state index >= 15 is 0 Å². The van der Waals surface area contributed by atoms with E-state index in [0.717, 1.165) is 0 Å². The Morgan fingerprint density at radius 2 is 1.64 bits per heavy atom. The standard InChI is InChI=1S/C10H11NO3/c11-7-10(12,8-3-1-5-13-8)9-4-2-6-14-9/h1-6,12H,7,11H2. The molecule has 4 heteroatoms. The normalized spacial score (nSPS) is 11.9. The third kappa shape index (κ3) is 1.25. The molecule has 0 aliphatic heterocycles. The molecule has 0 bridgehead atoms. The lowest BCUT2D eigenvalue weighted by atomic mass is 9.98. The van der Waals surface area contributed by atoms with E-state index in [9.17, 15) is 5.11 Å². The second-order valence-electron chi connectivity index (χ2n) is 3.02. The van der Waals surface area contributed by atoms with Crippen LogP contribution in [0.3, 0.4) is 0 Å². The lowest BCUT2D eigenvalue weighted by Crippen LogP contribution is -2.35. The van der Waals surface area contributed by atoms with Crippen molar-refractivity contribution in [2.45, 2.75) is 5.60 Å². The highest BCUT2D eigenvalue weighted by Gasteiger charge is 2.35. The third-order valence-corrected chi connectivity index (χ3v) is 2.15. The Morgan fingerprint density at radius 1 is 1.14 bits per heavy atom. The van der Waals surface area contributed by atoms with Crippen LogP contribution in [0.4, 0.5) is 0 Å². The SMILES string of the molecule is NCC(O)(c1ccco1)c1ccco1. The van der Waals surface area contributed by atoms with Crippen molar-refractivity contribution in [3.63, 3.8) is 0 Å². The quantitative estimate of drug-likeness (QED) is 0.764. The van der Waals surface area contributed by atoms with Crippen molar-refractivity contribution in [1.82, 2.24) is 0 Å². The molecular formula is C10H11NO3. The molecule has 0 fully saturated rings. The first-order valence-corrected chi connectivity index (χ1v) is 4.28. The smallest absolute Gasteiger partial charge is 0.192 e. The summed E-state index contributed by atoms with van der Waals surface area (Å²) in [6, 6.07) is 6.71. The molecule has 2 heterocycles. The van der Waals surface area contributed by atoms with E-state index in [0.29, 0.717) is 11.5 Å². The van der Waals surface area contributed by atoms with Crippen LogP contribution < -0.4 is 5.73 Å². The van der Waals surface area contributed by atoms with Crippen LogP contribution >= 0.6 is 0 Å². The van der Waals surface area contributed by atoms with Crippen LogP contribution in [0.1, 0.15) is 11.5 Å². The van der Waals surface area contributed by atoms with E-state index in [1.165, 1.54) is 12.5 Å². The van der Waals surface area contributed by atoms with Crippen LogP contribution in [-0.4, -0.2) is 11.7 Å². The summed E-state index contributed by atoms with van der Waals surface area (Å²) in [5, 5.41) is 10.2. The molecule has 3 N–H and O–H groups in total. The Bertz CT molecular complexity index is 343. The highest BCUT2D eigenvalue weighted by Crippen LogP contribution is 2.28. The minimum atomic E-state index is -1.37. The fourth-order valence-electron chi connectivity index (χ4n) is 1.35. The largest absolute Gasteiger partial charge is 0.466 e. The monoisotopic (exact) mass is 193 g/mol. The number of aliphatic hydroxyl groups is 1. The third-order valence-electron chi connectivity index (χ3n) is 2.15. The maximum atomic E-state index is 10.2. The predicted octanol–water partition coefficient (Wildman–Crippen LogP) is 1.07. The average molecular weight is 193 g/mol. The van der Waals surface area contributed by atoms with Crippen molar-refractivity contribution in [2.24, 2.45) is 5.73 Å². The maximum Gasteiger partial charge on any atom is 0.192 e. The van der Waals surface area contributed by atoms with Crippen LogP contribution in [0.5, 0.6) is 0 Å². The summed E-state index contributed by atoms with van der Waals surface area (Å²) in [6.45, 7) is 0.00796. The fourth-order valence-corrected chi connectivity index (χ4v) is 1.35. The molecule has 2 rings (SSSR count). The highest BCUT2D eigenvalue weighted by molar-refractivity contribution is 5.23. The van der Waals surface area contributed by atoms with Gasteiger partial charge in [-0.3, -0.25) is 0 Å². The van der Waals surface area contributed by atoms with Crippen LogP contribution in [0.2, 0.25) is 0 Å². The molecule has 0 amide bonds. The molecule has 0 aromatic carbocycles. The maximum absolute atomic E-state index is 10.2. The fraction of sp³-hybridized carbons (Fsp3) is 0.200. The second kappa shape index (κ2) is 3.32. The van der Waals surface area contributed by atoms with Gasteiger partial charge >= 0.3 is 0 Å². The number of hydrogen-bond acceptors (Lipinski definition) is 4. The number of hydrogen-bond donors (Lipinski definition) is 2. The molecule has 0 radical (unpaired) electrons. The molecule has 0 spiro atoms. The number of rotatable bonds is 3. The molecule has 14 heavy (non-hydrogen) atoms. The number of nitrogens with two attached hydrogens (primary N) is 1. The van der Waals surface area contributed by atoms with E-state index in [2.05, 4.69) is 0 Å². The molecule has 0 saturated heterocycles. The summed E-state index contributed by atoms with van der Waals surface area (Å²) in [7, 11) is 0. The number of furan rings is 2. The summed E-state index contributed by atoms with van der Waals surface area (Å²) in [6.07, 6.45) is 2.97. The Labute approximate surface area is 80.9 Å². The molecule has 0 saturated carbocycles. The Morgan fingerprint density at radius 3 is 1.93 bits per heavy atom. The van der Waals surface area contributed by atoms with Crippen molar-refractivity contribution in [2.75, 3.05) is 6.54 Å². The van der Waals surface area contributed by atoms with E-state index in [4.69, 9.17) is 14.6 Å². The molecule has 0 unspecified atom stereocenters. The first-order chi connectivity index (χ1) is 6.77. The molecule has 2 aromatic rings.